The highest BCUT2D eigenvalue weighted by Crippen LogP contribution is 2.28. The second-order valence-corrected chi connectivity index (χ2v) is 3.50. The Bertz CT molecular complexity index is 522. The molecule has 0 saturated carbocycles. The molecule has 0 saturated heterocycles. The van der Waals surface area contributed by atoms with Crippen molar-refractivity contribution in [2.75, 3.05) is 5.73 Å². The minimum Gasteiger partial charge on any atom is -0.437 e. The van der Waals surface area contributed by atoms with Crippen molar-refractivity contribution in [3.63, 3.8) is 0 Å². The molecular weight excluding hydrogens is 209 g/mol. The molecule has 2 rings (SSSR count). The summed E-state index contributed by atoms with van der Waals surface area (Å²) in [6.45, 7) is 1.85. The minimum atomic E-state index is -0.489. The van der Waals surface area contributed by atoms with E-state index in [9.17, 15) is 4.39 Å². The first-order chi connectivity index (χ1) is 7.58. The molecule has 0 aliphatic carbocycles. The SMILES string of the molecule is Cc1cc(Oc2cccc(F)c2N)n(C)n1. The number of ether oxygens (including phenoxy) is 1. The van der Waals surface area contributed by atoms with Crippen molar-refractivity contribution < 1.29 is 9.13 Å². The summed E-state index contributed by atoms with van der Waals surface area (Å²) in [7, 11) is 1.75. The topological polar surface area (TPSA) is 53.1 Å². The summed E-state index contributed by atoms with van der Waals surface area (Å²) in [4.78, 5) is 0. The molecule has 0 unspecified atom stereocenters. The van der Waals surface area contributed by atoms with E-state index in [4.69, 9.17) is 10.5 Å². The molecule has 0 aliphatic rings. The Labute approximate surface area is 92.4 Å². The van der Waals surface area contributed by atoms with Gasteiger partial charge in [0, 0.05) is 13.1 Å². The van der Waals surface area contributed by atoms with Gasteiger partial charge in [-0.05, 0) is 19.1 Å². The first-order valence-corrected chi connectivity index (χ1v) is 4.80. The van der Waals surface area contributed by atoms with E-state index >= 15 is 0 Å². The number of hydrogen-bond donors (Lipinski definition) is 1. The molecule has 84 valence electrons. The Balaban J connectivity index is 2.34. The maximum Gasteiger partial charge on any atom is 0.217 e. The largest absolute Gasteiger partial charge is 0.437 e. The predicted octanol–water partition coefficient (Wildman–Crippen LogP) is 2.24. The van der Waals surface area contributed by atoms with Crippen LogP contribution in [0.1, 0.15) is 5.69 Å². The highest BCUT2D eigenvalue weighted by Gasteiger charge is 2.09. The van der Waals surface area contributed by atoms with Gasteiger partial charge < -0.3 is 10.5 Å². The van der Waals surface area contributed by atoms with Crippen molar-refractivity contribution in [3.05, 3.63) is 35.8 Å². The fraction of sp³-hybridized carbons (Fsp3) is 0.182. The summed E-state index contributed by atoms with van der Waals surface area (Å²) in [5, 5.41) is 4.12. The smallest absolute Gasteiger partial charge is 0.217 e. The summed E-state index contributed by atoms with van der Waals surface area (Å²) in [6.07, 6.45) is 0. The Morgan fingerprint density at radius 2 is 2.19 bits per heavy atom. The number of nitrogens with two attached hydrogens (primary N) is 1. The number of para-hydroxylation sites is 1. The van der Waals surface area contributed by atoms with Crippen LogP contribution >= 0.6 is 0 Å². The van der Waals surface area contributed by atoms with Gasteiger partial charge in [0.05, 0.1) is 5.69 Å². The summed E-state index contributed by atoms with van der Waals surface area (Å²) >= 11 is 0. The lowest BCUT2D eigenvalue weighted by atomic mass is 10.3. The quantitative estimate of drug-likeness (QED) is 0.791. The molecule has 1 aromatic heterocycles. The van der Waals surface area contributed by atoms with E-state index in [-0.39, 0.29) is 5.69 Å². The lowest BCUT2D eigenvalue weighted by Crippen LogP contribution is -1.99. The molecule has 16 heavy (non-hydrogen) atoms. The maximum atomic E-state index is 13.2. The van der Waals surface area contributed by atoms with Crippen LogP contribution in [0.2, 0.25) is 0 Å². The molecule has 0 aliphatic heterocycles. The normalized spacial score (nSPS) is 10.4. The number of rotatable bonds is 2. The monoisotopic (exact) mass is 221 g/mol. The third-order valence-corrected chi connectivity index (χ3v) is 2.19. The number of nitrogen functional groups attached to an aromatic ring is 1. The molecule has 5 heteroatoms. The van der Waals surface area contributed by atoms with Crippen molar-refractivity contribution in [2.45, 2.75) is 6.92 Å². The molecule has 0 fully saturated rings. The maximum absolute atomic E-state index is 13.2. The molecule has 0 radical (unpaired) electrons. The van der Waals surface area contributed by atoms with Gasteiger partial charge in [-0.25, -0.2) is 9.07 Å². The zero-order valence-corrected chi connectivity index (χ0v) is 9.07. The number of halogens is 1. The third kappa shape index (κ3) is 1.84. The van der Waals surface area contributed by atoms with Gasteiger partial charge in [-0.3, -0.25) is 0 Å². The van der Waals surface area contributed by atoms with Crippen LogP contribution in [0.25, 0.3) is 0 Å². The van der Waals surface area contributed by atoms with Crippen LogP contribution in [-0.4, -0.2) is 9.78 Å². The van der Waals surface area contributed by atoms with E-state index in [0.717, 1.165) is 5.69 Å². The lowest BCUT2D eigenvalue weighted by Gasteiger charge is -2.08. The number of aryl methyl sites for hydroxylation is 2. The zero-order chi connectivity index (χ0) is 11.7. The third-order valence-electron chi connectivity index (χ3n) is 2.19. The van der Waals surface area contributed by atoms with Crippen LogP contribution in [0.5, 0.6) is 11.6 Å². The number of anilines is 1. The Hall–Kier alpha value is -2.04. The molecule has 0 spiro atoms. The van der Waals surface area contributed by atoms with E-state index in [2.05, 4.69) is 5.10 Å². The number of nitrogens with zero attached hydrogens (tertiary/aromatic N) is 2. The molecule has 4 nitrogen and oxygen atoms in total. The number of hydrogen-bond acceptors (Lipinski definition) is 3. The molecule has 0 bridgehead atoms. The average molecular weight is 221 g/mol. The van der Waals surface area contributed by atoms with Crippen molar-refractivity contribution in [2.24, 2.45) is 7.05 Å². The van der Waals surface area contributed by atoms with Gasteiger partial charge in [0.2, 0.25) is 5.88 Å². The van der Waals surface area contributed by atoms with Crippen molar-refractivity contribution in [3.8, 4) is 11.6 Å². The first kappa shape index (κ1) is 10.5. The van der Waals surface area contributed by atoms with Gasteiger partial charge in [0.25, 0.3) is 0 Å². The van der Waals surface area contributed by atoms with Crippen molar-refractivity contribution in [1.29, 1.82) is 0 Å². The highest BCUT2D eigenvalue weighted by molar-refractivity contribution is 5.54. The van der Waals surface area contributed by atoms with Crippen molar-refractivity contribution >= 4 is 5.69 Å². The van der Waals surface area contributed by atoms with E-state index in [1.165, 1.54) is 6.07 Å². The first-order valence-electron chi connectivity index (χ1n) is 4.80. The molecule has 1 heterocycles. The molecule has 1 aromatic carbocycles. The number of benzene rings is 1. The predicted molar refractivity (Wildman–Crippen MR) is 58.8 cm³/mol. The molecule has 2 N–H and O–H groups in total. The second kappa shape index (κ2) is 3.84. The highest BCUT2D eigenvalue weighted by atomic mass is 19.1. The Kier molecular flexibility index (Phi) is 2.52. The molecule has 2 aromatic rings. The minimum absolute atomic E-state index is 0.00125. The summed E-state index contributed by atoms with van der Waals surface area (Å²) < 4.78 is 20.2. The van der Waals surface area contributed by atoms with E-state index in [1.807, 2.05) is 6.92 Å². The lowest BCUT2D eigenvalue weighted by molar-refractivity contribution is 0.430. The Morgan fingerprint density at radius 3 is 2.81 bits per heavy atom. The zero-order valence-electron chi connectivity index (χ0n) is 9.07. The van der Waals surface area contributed by atoms with Crippen LogP contribution in [-0.2, 0) is 7.05 Å². The standard InChI is InChI=1S/C11H12FN3O/c1-7-6-10(15(2)14-7)16-9-5-3-4-8(12)11(9)13/h3-6H,13H2,1-2H3. The van der Waals surface area contributed by atoms with Crippen LogP contribution in [0.4, 0.5) is 10.1 Å². The number of aromatic nitrogens is 2. The Morgan fingerprint density at radius 1 is 1.44 bits per heavy atom. The van der Waals surface area contributed by atoms with Gasteiger partial charge in [-0.15, -0.1) is 0 Å². The summed E-state index contributed by atoms with van der Waals surface area (Å²) in [5.74, 6) is 0.328. The van der Waals surface area contributed by atoms with Crippen LogP contribution in [0.15, 0.2) is 24.3 Å². The molecular formula is C11H12FN3O. The molecule has 0 amide bonds. The van der Waals surface area contributed by atoms with Crippen LogP contribution < -0.4 is 10.5 Å². The second-order valence-electron chi connectivity index (χ2n) is 3.50. The van der Waals surface area contributed by atoms with Gasteiger partial charge >= 0.3 is 0 Å². The van der Waals surface area contributed by atoms with E-state index < -0.39 is 5.82 Å². The summed E-state index contributed by atoms with van der Waals surface area (Å²) in [5.41, 5.74) is 6.39. The van der Waals surface area contributed by atoms with Gasteiger partial charge in [0.15, 0.2) is 5.75 Å². The summed E-state index contributed by atoms with van der Waals surface area (Å²) in [6, 6.07) is 6.20. The van der Waals surface area contributed by atoms with Gasteiger partial charge in [-0.1, -0.05) is 6.07 Å². The van der Waals surface area contributed by atoms with Gasteiger partial charge in [-0.2, -0.15) is 5.10 Å². The fourth-order valence-corrected chi connectivity index (χ4v) is 1.40. The van der Waals surface area contributed by atoms with Crippen LogP contribution in [0, 0.1) is 12.7 Å². The van der Waals surface area contributed by atoms with Crippen molar-refractivity contribution in [1.82, 2.24) is 9.78 Å². The average Bonchev–Trinajstić information content (AvgIpc) is 2.53. The van der Waals surface area contributed by atoms with Crippen LogP contribution in [0.3, 0.4) is 0 Å². The van der Waals surface area contributed by atoms with Gasteiger partial charge in [0.1, 0.15) is 11.5 Å². The fourth-order valence-electron chi connectivity index (χ4n) is 1.40. The molecule has 0 atom stereocenters. The van der Waals surface area contributed by atoms with E-state index in [0.29, 0.717) is 11.6 Å². The van der Waals surface area contributed by atoms with E-state index in [1.54, 1.807) is 29.9 Å².